The summed E-state index contributed by atoms with van der Waals surface area (Å²) < 4.78 is 5.78. The number of hydrogen-bond acceptors (Lipinski definition) is 6. The van der Waals surface area contributed by atoms with Gasteiger partial charge in [0.15, 0.2) is 0 Å². The summed E-state index contributed by atoms with van der Waals surface area (Å²) in [5, 5.41) is 14.3. The fraction of sp³-hybridized carbons (Fsp3) is 0.312. The van der Waals surface area contributed by atoms with Crippen LogP contribution in [0.3, 0.4) is 0 Å². The SMILES string of the molecule is c1nc(Nc2cn[nH]c2)c2ccc(OCCNC3CC3)cc2n1. The van der Waals surface area contributed by atoms with Crippen LogP contribution in [0, 0.1) is 0 Å². The molecule has 0 aliphatic heterocycles. The molecule has 0 atom stereocenters. The first-order chi connectivity index (χ1) is 11.4. The van der Waals surface area contributed by atoms with E-state index in [-0.39, 0.29) is 0 Å². The van der Waals surface area contributed by atoms with Gasteiger partial charge in [-0.25, -0.2) is 9.97 Å². The molecule has 3 N–H and O–H groups in total. The molecule has 0 amide bonds. The van der Waals surface area contributed by atoms with Gasteiger partial charge in [-0.05, 0) is 25.0 Å². The van der Waals surface area contributed by atoms with Crippen molar-refractivity contribution in [2.24, 2.45) is 0 Å². The number of nitrogens with zero attached hydrogens (tertiary/aromatic N) is 3. The Morgan fingerprint density at radius 3 is 3.04 bits per heavy atom. The molecule has 1 aliphatic rings. The number of anilines is 2. The van der Waals surface area contributed by atoms with Crippen molar-refractivity contribution >= 4 is 22.4 Å². The van der Waals surface area contributed by atoms with Crippen molar-refractivity contribution in [1.82, 2.24) is 25.5 Å². The number of H-pyrrole nitrogens is 1. The largest absolute Gasteiger partial charge is 0.492 e. The standard InChI is InChI=1S/C16H18N6O/c1-2-11(1)17-5-6-23-13-3-4-14-15(7-13)18-10-19-16(14)22-12-8-20-21-9-12/h3-4,7-11,17H,1-2,5-6H2,(H,20,21)(H,18,19,22). The minimum Gasteiger partial charge on any atom is -0.492 e. The molecule has 1 saturated carbocycles. The van der Waals surface area contributed by atoms with E-state index in [0.29, 0.717) is 12.6 Å². The molecule has 118 valence electrons. The number of aromatic nitrogens is 4. The zero-order chi connectivity index (χ0) is 15.5. The summed E-state index contributed by atoms with van der Waals surface area (Å²) in [5.74, 6) is 1.57. The Hall–Kier alpha value is -2.67. The van der Waals surface area contributed by atoms with E-state index < -0.39 is 0 Å². The predicted molar refractivity (Wildman–Crippen MR) is 87.9 cm³/mol. The molecule has 7 heteroatoms. The van der Waals surface area contributed by atoms with Gasteiger partial charge < -0.3 is 15.4 Å². The summed E-state index contributed by atoms with van der Waals surface area (Å²) in [7, 11) is 0. The molecule has 0 unspecified atom stereocenters. The zero-order valence-corrected chi connectivity index (χ0v) is 12.6. The fourth-order valence-electron chi connectivity index (χ4n) is 2.40. The first kappa shape index (κ1) is 14.0. The van der Waals surface area contributed by atoms with Crippen LogP contribution in [0.2, 0.25) is 0 Å². The highest BCUT2D eigenvalue weighted by Crippen LogP contribution is 2.25. The molecule has 2 aromatic heterocycles. The Morgan fingerprint density at radius 1 is 1.26 bits per heavy atom. The number of aromatic amines is 1. The highest BCUT2D eigenvalue weighted by molar-refractivity contribution is 5.91. The lowest BCUT2D eigenvalue weighted by Gasteiger charge is -2.09. The predicted octanol–water partition coefficient (Wildman–Crippen LogP) is 2.23. The summed E-state index contributed by atoms with van der Waals surface area (Å²) in [5.41, 5.74) is 1.70. The zero-order valence-electron chi connectivity index (χ0n) is 12.6. The van der Waals surface area contributed by atoms with Crippen LogP contribution in [0.25, 0.3) is 10.9 Å². The van der Waals surface area contributed by atoms with E-state index in [1.54, 1.807) is 18.7 Å². The van der Waals surface area contributed by atoms with Gasteiger partial charge in [0.25, 0.3) is 0 Å². The second-order valence-corrected chi connectivity index (χ2v) is 5.59. The van der Waals surface area contributed by atoms with E-state index in [1.807, 2.05) is 18.2 Å². The van der Waals surface area contributed by atoms with Crippen LogP contribution < -0.4 is 15.4 Å². The van der Waals surface area contributed by atoms with Crippen molar-refractivity contribution in [2.75, 3.05) is 18.5 Å². The number of rotatable bonds is 7. The van der Waals surface area contributed by atoms with Crippen molar-refractivity contribution < 1.29 is 4.74 Å². The topological polar surface area (TPSA) is 87.8 Å². The number of nitrogens with one attached hydrogen (secondary N) is 3. The number of fused-ring (bicyclic) bond motifs is 1. The van der Waals surface area contributed by atoms with E-state index >= 15 is 0 Å². The molecule has 23 heavy (non-hydrogen) atoms. The van der Waals surface area contributed by atoms with Crippen LogP contribution in [0.15, 0.2) is 36.9 Å². The van der Waals surface area contributed by atoms with Crippen molar-refractivity contribution in [3.8, 4) is 5.75 Å². The molecular formula is C16H18N6O. The van der Waals surface area contributed by atoms with Gasteiger partial charge in [-0.2, -0.15) is 5.10 Å². The van der Waals surface area contributed by atoms with Gasteiger partial charge in [-0.3, -0.25) is 5.10 Å². The Balaban J connectivity index is 1.47. The number of ether oxygens (including phenoxy) is 1. The highest BCUT2D eigenvalue weighted by Gasteiger charge is 2.19. The summed E-state index contributed by atoms with van der Waals surface area (Å²) in [6.07, 6.45) is 7.61. The second kappa shape index (κ2) is 6.21. The van der Waals surface area contributed by atoms with Crippen molar-refractivity contribution in [1.29, 1.82) is 0 Å². The van der Waals surface area contributed by atoms with Crippen molar-refractivity contribution in [3.05, 3.63) is 36.9 Å². The van der Waals surface area contributed by atoms with E-state index in [2.05, 4.69) is 30.8 Å². The first-order valence-corrected chi connectivity index (χ1v) is 7.75. The Morgan fingerprint density at radius 2 is 2.22 bits per heavy atom. The van der Waals surface area contributed by atoms with Crippen LogP contribution in [0.4, 0.5) is 11.5 Å². The van der Waals surface area contributed by atoms with Gasteiger partial charge in [0, 0.05) is 30.2 Å². The minimum absolute atomic E-state index is 0.660. The lowest BCUT2D eigenvalue weighted by atomic mass is 10.2. The number of hydrogen-bond donors (Lipinski definition) is 3. The van der Waals surface area contributed by atoms with Gasteiger partial charge in [-0.1, -0.05) is 0 Å². The average Bonchev–Trinajstić information content (AvgIpc) is 3.26. The van der Waals surface area contributed by atoms with Crippen LogP contribution >= 0.6 is 0 Å². The molecule has 1 aromatic carbocycles. The third-order valence-corrected chi connectivity index (χ3v) is 3.75. The van der Waals surface area contributed by atoms with E-state index in [1.165, 1.54) is 12.8 Å². The van der Waals surface area contributed by atoms with Gasteiger partial charge in [-0.15, -0.1) is 0 Å². The molecule has 0 spiro atoms. The summed E-state index contributed by atoms with van der Waals surface area (Å²) in [6.45, 7) is 1.53. The monoisotopic (exact) mass is 310 g/mol. The molecule has 0 radical (unpaired) electrons. The van der Waals surface area contributed by atoms with E-state index in [4.69, 9.17) is 4.74 Å². The number of benzene rings is 1. The average molecular weight is 310 g/mol. The molecule has 0 saturated heterocycles. The molecule has 3 aromatic rings. The smallest absolute Gasteiger partial charge is 0.141 e. The second-order valence-electron chi connectivity index (χ2n) is 5.59. The maximum atomic E-state index is 5.78. The van der Waals surface area contributed by atoms with E-state index in [0.717, 1.165) is 34.7 Å². The third kappa shape index (κ3) is 3.40. The molecular weight excluding hydrogens is 292 g/mol. The Bertz CT molecular complexity index is 784. The Kier molecular flexibility index (Phi) is 3.77. The maximum Gasteiger partial charge on any atom is 0.141 e. The lowest BCUT2D eigenvalue weighted by Crippen LogP contribution is -2.22. The quantitative estimate of drug-likeness (QED) is 0.580. The fourth-order valence-corrected chi connectivity index (χ4v) is 2.40. The molecule has 0 bridgehead atoms. The maximum absolute atomic E-state index is 5.78. The normalized spacial score (nSPS) is 14.1. The van der Waals surface area contributed by atoms with E-state index in [9.17, 15) is 0 Å². The molecule has 1 fully saturated rings. The summed E-state index contributed by atoms with van der Waals surface area (Å²) in [4.78, 5) is 8.63. The van der Waals surface area contributed by atoms with Crippen LogP contribution in [-0.4, -0.2) is 39.4 Å². The van der Waals surface area contributed by atoms with Gasteiger partial charge in [0.2, 0.25) is 0 Å². The molecule has 7 nitrogen and oxygen atoms in total. The van der Waals surface area contributed by atoms with Crippen molar-refractivity contribution in [3.63, 3.8) is 0 Å². The van der Waals surface area contributed by atoms with Gasteiger partial charge >= 0.3 is 0 Å². The third-order valence-electron chi connectivity index (χ3n) is 3.75. The molecule has 4 rings (SSSR count). The molecule has 2 heterocycles. The van der Waals surface area contributed by atoms with Crippen molar-refractivity contribution in [2.45, 2.75) is 18.9 Å². The van der Waals surface area contributed by atoms with Gasteiger partial charge in [0.05, 0.1) is 17.4 Å². The van der Waals surface area contributed by atoms with Crippen LogP contribution in [-0.2, 0) is 0 Å². The lowest BCUT2D eigenvalue weighted by molar-refractivity contribution is 0.314. The Labute approximate surface area is 133 Å². The first-order valence-electron chi connectivity index (χ1n) is 7.75. The van der Waals surface area contributed by atoms with Gasteiger partial charge in [0.1, 0.15) is 24.5 Å². The summed E-state index contributed by atoms with van der Waals surface area (Å²) in [6, 6.07) is 6.57. The van der Waals surface area contributed by atoms with Crippen LogP contribution in [0.1, 0.15) is 12.8 Å². The highest BCUT2D eigenvalue weighted by atomic mass is 16.5. The summed E-state index contributed by atoms with van der Waals surface area (Å²) >= 11 is 0. The van der Waals surface area contributed by atoms with Crippen LogP contribution in [0.5, 0.6) is 5.75 Å². The molecule has 1 aliphatic carbocycles. The minimum atomic E-state index is 0.660.